The molecule has 0 unspecified atom stereocenters. The molecule has 1 aromatic carbocycles. The molecule has 7 nitrogen and oxygen atoms in total. The van der Waals surface area contributed by atoms with Gasteiger partial charge in [0.15, 0.2) is 0 Å². The van der Waals surface area contributed by atoms with Gasteiger partial charge in [-0.3, -0.25) is 4.79 Å². The van der Waals surface area contributed by atoms with E-state index in [-0.39, 0.29) is 23.9 Å². The molecule has 2 rings (SSSR count). The number of anilines is 1. The molecule has 1 heterocycles. The number of carbonyl (C=O) groups excluding carboxylic acids is 3. The largest absolute Gasteiger partial charge is 0.460 e. The van der Waals surface area contributed by atoms with Crippen LogP contribution in [-0.4, -0.2) is 42.0 Å². The number of hydrogen-bond donors (Lipinski definition) is 2. The maximum Gasteiger partial charge on any atom is 0.338 e. The average molecular weight is 323 g/mol. The number of halogens is 1. The van der Waals surface area contributed by atoms with Crippen molar-refractivity contribution in [1.29, 1.82) is 0 Å². The summed E-state index contributed by atoms with van der Waals surface area (Å²) in [6.45, 7) is 1.80. The predicted molar refractivity (Wildman–Crippen MR) is 80.3 cm³/mol. The number of esters is 1. The Morgan fingerprint density at radius 3 is 2.83 bits per heavy atom. The molecule has 1 aromatic rings. The topological polar surface area (TPSA) is 102 Å². The van der Waals surface area contributed by atoms with Crippen molar-refractivity contribution in [2.24, 2.45) is 5.73 Å². The number of carbonyl (C=O) groups is 3. The minimum Gasteiger partial charge on any atom is -0.460 e. The van der Waals surface area contributed by atoms with Crippen molar-refractivity contribution in [3.8, 4) is 0 Å². The van der Waals surface area contributed by atoms with Gasteiger partial charge in [0.2, 0.25) is 5.91 Å². The second-order valence-corrected chi connectivity index (χ2v) is 5.30. The molecule has 0 aliphatic carbocycles. The van der Waals surface area contributed by atoms with Crippen LogP contribution < -0.4 is 11.1 Å². The average Bonchev–Trinajstić information content (AvgIpc) is 2.95. The zero-order chi connectivity index (χ0) is 17.0. The number of amides is 3. The second-order valence-electron chi connectivity index (χ2n) is 5.30. The van der Waals surface area contributed by atoms with Crippen LogP contribution in [-0.2, 0) is 9.53 Å². The van der Waals surface area contributed by atoms with Crippen LogP contribution in [0.4, 0.5) is 14.9 Å². The van der Waals surface area contributed by atoms with E-state index in [4.69, 9.17) is 10.5 Å². The Hall–Kier alpha value is -2.64. The molecule has 3 N–H and O–H groups in total. The van der Waals surface area contributed by atoms with Gasteiger partial charge in [0, 0.05) is 13.5 Å². The number of hydrogen-bond acceptors (Lipinski definition) is 4. The predicted octanol–water partition coefficient (Wildman–Crippen LogP) is 1.48. The Labute approximate surface area is 132 Å². The van der Waals surface area contributed by atoms with Crippen LogP contribution in [0.25, 0.3) is 0 Å². The third-order valence-electron chi connectivity index (χ3n) is 3.58. The summed E-state index contributed by atoms with van der Waals surface area (Å²) in [5.74, 6) is -1.75. The molecule has 1 saturated heterocycles. The van der Waals surface area contributed by atoms with E-state index in [9.17, 15) is 18.8 Å². The lowest BCUT2D eigenvalue weighted by Crippen LogP contribution is -2.41. The molecule has 0 radical (unpaired) electrons. The SMILES string of the molecule is CC(=O)Nc1cc(C(=O)OC[C@H]2CCCN2C(N)=O)ccc1F. The van der Waals surface area contributed by atoms with Crippen LogP contribution in [0.1, 0.15) is 30.1 Å². The number of nitrogens with zero attached hydrogens (tertiary/aromatic N) is 1. The highest BCUT2D eigenvalue weighted by Gasteiger charge is 2.28. The number of rotatable bonds is 4. The van der Waals surface area contributed by atoms with Crippen LogP contribution in [0.15, 0.2) is 18.2 Å². The zero-order valence-corrected chi connectivity index (χ0v) is 12.7. The minimum absolute atomic E-state index is 0.0224. The molecule has 0 spiro atoms. The Morgan fingerprint density at radius 2 is 2.17 bits per heavy atom. The van der Waals surface area contributed by atoms with Gasteiger partial charge < -0.3 is 20.7 Å². The van der Waals surface area contributed by atoms with Crippen LogP contribution in [0.2, 0.25) is 0 Å². The molecule has 0 bridgehead atoms. The van der Waals surface area contributed by atoms with Crippen molar-refractivity contribution in [3.05, 3.63) is 29.6 Å². The smallest absolute Gasteiger partial charge is 0.338 e. The molecular weight excluding hydrogens is 305 g/mol. The molecular formula is C15H18FN3O4. The van der Waals surface area contributed by atoms with E-state index in [1.54, 1.807) is 0 Å². The van der Waals surface area contributed by atoms with Crippen molar-refractivity contribution < 1.29 is 23.5 Å². The number of nitrogens with one attached hydrogen (secondary N) is 1. The highest BCUT2D eigenvalue weighted by Crippen LogP contribution is 2.19. The van der Waals surface area contributed by atoms with Gasteiger partial charge in [0.05, 0.1) is 17.3 Å². The summed E-state index contributed by atoms with van der Waals surface area (Å²) in [6.07, 6.45) is 1.51. The maximum atomic E-state index is 13.5. The van der Waals surface area contributed by atoms with Crippen LogP contribution >= 0.6 is 0 Å². The number of nitrogens with two attached hydrogens (primary N) is 1. The molecule has 23 heavy (non-hydrogen) atoms. The van der Waals surface area contributed by atoms with Gasteiger partial charge >= 0.3 is 12.0 Å². The van der Waals surface area contributed by atoms with E-state index in [0.717, 1.165) is 12.5 Å². The summed E-state index contributed by atoms with van der Waals surface area (Å²) < 4.78 is 18.7. The Balaban J connectivity index is 2.00. The lowest BCUT2D eigenvalue weighted by atomic mass is 10.2. The van der Waals surface area contributed by atoms with E-state index in [1.165, 1.54) is 24.0 Å². The van der Waals surface area contributed by atoms with Crippen molar-refractivity contribution >= 4 is 23.6 Å². The number of urea groups is 1. The quantitative estimate of drug-likeness (QED) is 0.819. The summed E-state index contributed by atoms with van der Waals surface area (Å²) in [7, 11) is 0. The van der Waals surface area contributed by atoms with Gasteiger partial charge in [-0.05, 0) is 31.0 Å². The fourth-order valence-electron chi connectivity index (χ4n) is 2.49. The van der Waals surface area contributed by atoms with Crippen LogP contribution in [0.3, 0.4) is 0 Å². The number of primary amides is 1. The number of ether oxygens (including phenoxy) is 1. The van der Waals surface area contributed by atoms with E-state index >= 15 is 0 Å². The molecule has 1 atom stereocenters. The van der Waals surface area contributed by atoms with E-state index in [1.807, 2.05) is 0 Å². The van der Waals surface area contributed by atoms with Gasteiger partial charge in [-0.15, -0.1) is 0 Å². The first-order chi connectivity index (χ1) is 10.9. The van der Waals surface area contributed by atoms with Crippen LogP contribution in [0, 0.1) is 5.82 Å². The number of benzene rings is 1. The third kappa shape index (κ3) is 4.18. The third-order valence-corrected chi connectivity index (χ3v) is 3.58. The molecule has 1 aliphatic heterocycles. The summed E-state index contributed by atoms with van der Waals surface area (Å²) in [5, 5.41) is 2.30. The first-order valence-electron chi connectivity index (χ1n) is 7.19. The first kappa shape index (κ1) is 16.7. The van der Waals surface area contributed by atoms with Gasteiger partial charge in [0.1, 0.15) is 12.4 Å². The van der Waals surface area contributed by atoms with E-state index in [2.05, 4.69) is 5.32 Å². The monoisotopic (exact) mass is 323 g/mol. The Morgan fingerprint density at radius 1 is 1.43 bits per heavy atom. The van der Waals surface area contributed by atoms with Crippen molar-refractivity contribution in [2.45, 2.75) is 25.8 Å². The van der Waals surface area contributed by atoms with Crippen molar-refractivity contribution in [1.82, 2.24) is 4.90 Å². The van der Waals surface area contributed by atoms with Gasteiger partial charge in [-0.2, -0.15) is 0 Å². The molecule has 124 valence electrons. The zero-order valence-electron chi connectivity index (χ0n) is 12.7. The fraction of sp³-hybridized carbons (Fsp3) is 0.400. The van der Waals surface area contributed by atoms with Crippen molar-refractivity contribution in [2.75, 3.05) is 18.5 Å². The normalized spacial score (nSPS) is 17.0. The number of likely N-dealkylation sites (tertiary alicyclic amines) is 1. The second kappa shape index (κ2) is 7.08. The lowest BCUT2D eigenvalue weighted by Gasteiger charge is -2.22. The van der Waals surface area contributed by atoms with Gasteiger partial charge in [-0.1, -0.05) is 0 Å². The molecule has 8 heteroatoms. The van der Waals surface area contributed by atoms with E-state index < -0.39 is 23.7 Å². The highest BCUT2D eigenvalue weighted by atomic mass is 19.1. The molecule has 1 aliphatic rings. The summed E-state index contributed by atoms with van der Waals surface area (Å²) in [5.41, 5.74) is 5.27. The summed E-state index contributed by atoms with van der Waals surface area (Å²) >= 11 is 0. The van der Waals surface area contributed by atoms with Crippen molar-refractivity contribution in [3.63, 3.8) is 0 Å². The first-order valence-corrected chi connectivity index (χ1v) is 7.19. The maximum absolute atomic E-state index is 13.5. The minimum atomic E-state index is -0.659. The summed E-state index contributed by atoms with van der Waals surface area (Å²) in [4.78, 5) is 35.7. The van der Waals surface area contributed by atoms with E-state index in [0.29, 0.717) is 13.0 Å². The fourth-order valence-corrected chi connectivity index (χ4v) is 2.49. The summed E-state index contributed by atoms with van der Waals surface area (Å²) in [6, 6.07) is 2.76. The van der Waals surface area contributed by atoms with Crippen LogP contribution in [0.5, 0.6) is 0 Å². The molecule has 1 fully saturated rings. The Kier molecular flexibility index (Phi) is 5.15. The molecule has 0 saturated carbocycles. The molecule has 0 aromatic heterocycles. The lowest BCUT2D eigenvalue weighted by molar-refractivity contribution is -0.114. The molecule has 3 amide bonds. The standard InChI is InChI=1S/C15H18FN3O4/c1-9(20)18-13-7-10(4-5-12(13)16)14(21)23-8-11-3-2-6-19(11)15(17)22/h4-5,7,11H,2-3,6,8H2,1H3,(H2,17,22)(H,18,20)/t11-/m1/s1. The highest BCUT2D eigenvalue weighted by molar-refractivity contribution is 5.93. The Bertz CT molecular complexity index is 635. The van der Waals surface area contributed by atoms with Gasteiger partial charge in [-0.25, -0.2) is 14.0 Å². The van der Waals surface area contributed by atoms with Gasteiger partial charge in [0.25, 0.3) is 0 Å².